The lowest BCUT2D eigenvalue weighted by Crippen LogP contribution is -2.39. The maximum atomic E-state index is 13.5. The van der Waals surface area contributed by atoms with Crippen LogP contribution in [-0.2, 0) is 21.4 Å². The minimum Gasteiger partial charge on any atom is -0.375 e. The molecule has 5 nitrogen and oxygen atoms in total. The third-order valence-corrected chi connectivity index (χ3v) is 7.68. The summed E-state index contributed by atoms with van der Waals surface area (Å²) in [6.07, 6.45) is 0. The Morgan fingerprint density at radius 3 is 1.95 bits per heavy atom. The van der Waals surface area contributed by atoms with Crippen molar-refractivity contribution in [2.24, 2.45) is 0 Å². The zero-order valence-electron chi connectivity index (χ0n) is 21.3. The van der Waals surface area contributed by atoms with Crippen LogP contribution in [0.5, 0.6) is 0 Å². The second-order valence-corrected chi connectivity index (χ2v) is 10.9. The van der Waals surface area contributed by atoms with Gasteiger partial charge in [-0.2, -0.15) is 0 Å². The Hall–Kier alpha value is -3.29. The minimum atomic E-state index is -3.77. The summed E-state index contributed by atoms with van der Waals surface area (Å²) in [4.78, 5) is 0.243. The van der Waals surface area contributed by atoms with E-state index in [0.29, 0.717) is 19.8 Å². The molecule has 0 amide bonds. The summed E-state index contributed by atoms with van der Waals surface area (Å²) in [5, 5.41) is 3.56. The van der Waals surface area contributed by atoms with E-state index in [1.807, 2.05) is 85.8 Å². The normalized spacial score (nSPS) is 13.2. The average molecular weight is 515 g/mol. The lowest BCUT2D eigenvalue weighted by atomic mass is 9.94. The standard InChI is InChI=1S/C31H34N2O3S/c1-24-16-18-29(19-17-24)37(34,35)33-31(28-14-7-4-8-15-28)30(27-12-5-3-6-13-27)32-20-21-36-23-26-11-9-10-25(2)22-26/h3-19,22,30-33H,20-21,23H2,1-2H3/t30-,31-/m1/s1. The summed E-state index contributed by atoms with van der Waals surface area (Å²) in [6, 6.07) is 33.9. The number of benzene rings is 4. The number of aryl methyl sites for hydroxylation is 2. The molecule has 4 aromatic rings. The SMILES string of the molecule is Cc1ccc(S(=O)(=O)N[C@H](c2ccccc2)[C@H](NCCOCc2cccc(C)c2)c2ccccc2)cc1. The van der Waals surface area contributed by atoms with Gasteiger partial charge < -0.3 is 10.1 Å². The largest absolute Gasteiger partial charge is 0.375 e. The fourth-order valence-electron chi connectivity index (χ4n) is 4.31. The molecule has 0 unspecified atom stereocenters. The predicted octanol–water partition coefficient (Wildman–Crippen LogP) is 5.87. The van der Waals surface area contributed by atoms with Crippen LogP contribution >= 0.6 is 0 Å². The quantitative estimate of drug-likeness (QED) is 0.232. The second-order valence-electron chi connectivity index (χ2n) is 9.21. The van der Waals surface area contributed by atoms with Crippen LogP contribution in [0, 0.1) is 13.8 Å². The molecule has 0 spiro atoms. The van der Waals surface area contributed by atoms with Crippen molar-refractivity contribution in [1.29, 1.82) is 0 Å². The van der Waals surface area contributed by atoms with Crippen LogP contribution in [0.3, 0.4) is 0 Å². The summed E-state index contributed by atoms with van der Waals surface area (Å²) >= 11 is 0. The van der Waals surface area contributed by atoms with E-state index < -0.39 is 16.1 Å². The van der Waals surface area contributed by atoms with Crippen LogP contribution in [0.2, 0.25) is 0 Å². The number of rotatable bonds is 12. The van der Waals surface area contributed by atoms with Gasteiger partial charge >= 0.3 is 0 Å². The molecule has 2 N–H and O–H groups in total. The summed E-state index contributed by atoms with van der Waals surface area (Å²) in [5.41, 5.74) is 5.21. The van der Waals surface area contributed by atoms with Crippen molar-refractivity contribution in [3.63, 3.8) is 0 Å². The summed E-state index contributed by atoms with van der Waals surface area (Å²) in [5.74, 6) is 0. The third kappa shape index (κ3) is 7.60. The van der Waals surface area contributed by atoms with E-state index in [-0.39, 0.29) is 10.9 Å². The van der Waals surface area contributed by atoms with Crippen molar-refractivity contribution < 1.29 is 13.2 Å². The van der Waals surface area contributed by atoms with Gasteiger partial charge in [-0.05, 0) is 42.7 Å². The first-order valence-corrected chi connectivity index (χ1v) is 14.0. The van der Waals surface area contributed by atoms with Crippen molar-refractivity contribution >= 4 is 10.0 Å². The van der Waals surface area contributed by atoms with Crippen molar-refractivity contribution in [2.45, 2.75) is 37.4 Å². The highest BCUT2D eigenvalue weighted by Gasteiger charge is 2.29. The Kier molecular flexibility index (Phi) is 9.25. The molecule has 0 aliphatic carbocycles. The molecular weight excluding hydrogens is 480 g/mol. The van der Waals surface area contributed by atoms with Crippen LogP contribution in [0.1, 0.15) is 39.9 Å². The van der Waals surface area contributed by atoms with Crippen molar-refractivity contribution in [2.75, 3.05) is 13.2 Å². The Balaban J connectivity index is 1.55. The van der Waals surface area contributed by atoms with E-state index >= 15 is 0 Å². The monoisotopic (exact) mass is 514 g/mol. The fourth-order valence-corrected chi connectivity index (χ4v) is 5.55. The van der Waals surface area contributed by atoms with Gasteiger partial charge in [-0.3, -0.25) is 0 Å². The highest BCUT2D eigenvalue weighted by atomic mass is 32.2. The molecule has 0 fully saturated rings. The molecule has 0 saturated heterocycles. The topological polar surface area (TPSA) is 67.4 Å². The van der Waals surface area contributed by atoms with E-state index in [0.717, 1.165) is 22.3 Å². The zero-order chi connectivity index (χ0) is 26.1. The molecule has 0 bridgehead atoms. The molecule has 192 valence electrons. The van der Waals surface area contributed by atoms with Crippen molar-refractivity contribution in [3.05, 3.63) is 137 Å². The summed E-state index contributed by atoms with van der Waals surface area (Å²) < 4.78 is 35.8. The van der Waals surface area contributed by atoms with Gasteiger partial charge in [-0.15, -0.1) is 0 Å². The molecule has 0 aliphatic rings. The van der Waals surface area contributed by atoms with Crippen LogP contribution < -0.4 is 10.0 Å². The van der Waals surface area contributed by atoms with Gasteiger partial charge in [0.1, 0.15) is 0 Å². The van der Waals surface area contributed by atoms with Gasteiger partial charge in [0.2, 0.25) is 10.0 Å². The van der Waals surface area contributed by atoms with Gasteiger partial charge in [0.25, 0.3) is 0 Å². The second kappa shape index (κ2) is 12.8. The van der Waals surface area contributed by atoms with E-state index in [1.54, 1.807) is 12.1 Å². The Bertz CT molecular complexity index is 1360. The number of hydrogen-bond donors (Lipinski definition) is 2. The zero-order valence-corrected chi connectivity index (χ0v) is 22.1. The predicted molar refractivity (Wildman–Crippen MR) is 149 cm³/mol. The van der Waals surface area contributed by atoms with E-state index in [9.17, 15) is 8.42 Å². The minimum absolute atomic E-state index is 0.243. The van der Waals surface area contributed by atoms with Gasteiger partial charge in [-0.25, -0.2) is 13.1 Å². The third-order valence-electron chi connectivity index (χ3n) is 6.23. The van der Waals surface area contributed by atoms with E-state index in [4.69, 9.17) is 4.74 Å². The highest BCUT2D eigenvalue weighted by Crippen LogP contribution is 2.30. The van der Waals surface area contributed by atoms with Gasteiger partial charge in [-0.1, -0.05) is 108 Å². The maximum Gasteiger partial charge on any atom is 0.241 e. The van der Waals surface area contributed by atoms with Crippen molar-refractivity contribution in [3.8, 4) is 0 Å². The summed E-state index contributed by atoms with van der Waals surface area (Å²) in [6.45, 7) is 5.58. The van der Waals surface area contributed by atoms with E-state index in [1.165, 1.54) is 5.56 Å². The van der Waals surface area contributed by atoms with Gasteiger partial charge in [0.15, 0.2) is 0 Å². The lowest BCUT2D eigenvalue weighted by Gasteiger charge is -2.30. The molecule has 0 aromatic heterocycles. The highest BCUT2D eigenvalue weighted by molar-refractivity contribution is 7.89. The van der Waals surface area contributed by atoms with Crippen molar-refractivity contribution in [1.82, 2.24) is 10.0 Å². The number of sulfonamides is 1. The number of ether oxygens (including phenoxy) is 1. The molecule has 2 atom stereocenters. The molecule has 4 aromatic carbocycles. The maximum absolute atomic E-state index is 13.5. The molecular formula is C31H34N2O3S. The molecule has 0 aliphatic heterocycles. The average Bonchev–Trinajstić information content (AvgIpc) is 2.91. The summed E-state index contributed by atoms with van der Waals surface area (Å²) in [7, 11) is -3.77. The first kappa shape index (κ1) is 26.8. The molecule has 6 heteroatoms. The number of hydrogen-bond acceptors (Lipinski definition) is 4. The van der Waals surface area contributed by atoms with Crippen LogP contribution in [0.4, 0.5) is 0 Å². The molecule has 4 rings (SSSR count). The van der Waals surface area contributed by atoms with Crippen LogP contribution in [-0.4, -0.2) is 21.6 Å². The van der Waals surface area contributed by atoms with Gasteiger partial charge in [0, 0.05) is 6.54 Å². The molecule has 0 radical (unpaired) electrons. The van der Waals surface area contributed by atoms with Gasteiger partial charge in [0.05, 0.1) is 30.2 Å². The molecule has 0 saturated carbocycles. The van der Waals surface area contributed by atoms with Crippen LogP contribution in [0.25, 0.3) is 0 Å². The Morgan fingerprint density at radius 2 is 1.32 bits per heavy atom. The Labute approximate surface area is 220 Å². The first-order valence-electron chi connectivity index (χ1n) is 12.5. The Morgan fingerprint density at radius 1 is 0.703 bits per heavy atom. The lowest BCUT2D eigenvalue weighted by molar-refractivity contribution is 0.119. The fraction of sp³-hybridized carbons (Fsp3) is 0.226. The number of nitrogens with one attached hydrogen (secondary N) is 2. The smallest absolute Gasteiger partial charge is 0.241 e. The molecule has 37 heavy (non-hydrogen) atoms. The van der Waals surface area contributed by atoms with Crippen LogP contribution in [0.15, 0.2) is 114 Å². The van der Waals surface area contributed by atoms with E-state index in [2.05, 4.69) is 35.2 Å². The molecule has 0 heterocycles. The first-order chi connectivity index (χ1) is 17.9.